The molecule has 0 unspecified atom stereocenters. The SMILES string of the molecule is Clc1ccc2c(c1)c(NC1CCCCC1)nc1c(-c3ccccc3)nnn12. The molecule has 136 valence electrons. The maximum absolute atomic E-state index is 6.28. The number of aromatic nitrogens is 4. The number of nitrogens with zero attached hydrogens (tertiary/aromatic N) is 4. The second-order valence-corrected chi connectivity index (χ2v) is 7.58. The van der Waals surface area contributed by atoms with E-state index < -0.39 is 0 Å². The summed E-state index contributed by atoms with van der Waals surface area (Å²) in [6.45, 7) is 0. The van der Waals surface area contributed by atoms with E-state index in [1.165, 1.54) is 32.1 Å². The van der Waals surface area contributed by atoms with E-state index in [-0.39, 0.29) is 0 Å². The molecule has 2 aromatic heterocycles. The van der Waals surface area contributed by atoms with Crippen LogP contribution >= 0.6 is 11.6 Å². The zero-order chi connectivity index (χ0) is 18.2. The van der Waals surface area contributed by atoms with Gasteiger partial charge in [-0.25, -0.2) is 4.98 Å². The summed E-state index contributed by atoms with van der Waals surface area (Å²) in [6.07, 6.45) is 6.21. The average Bonchev–Trinajstić information content (AvgIpc) is 3.13. The highest BCUT2D eigenvalue weighted by Gasteiger charge is 2.19. The van der Waals surface area contributed by atoms with Gasteiger partial charge in [-0.1, -0.05) is 66.4 Å². The molecule has 0 radical (unpaired) electrons. The lowest BCUT2D eigenvalue weighted by Crippen LogP contribution is -2.23. The molecule has 0 atom stereocenters. The van der Waals surface area contributed by atoms with Crippen LogP contribution in [-0.2, 0) is 0 Å². The molecule has 4 aromatic rings. The minimum Gasteiger partial charge on any atom is -0.367 e. The second kappa shape index (κ2) is 6.82. The first kappa shape index (κ1) is 16.5. The fourth-order valence-corrected chi connectivity index (χ4v) is 4.09. The normalized spacial score (nSPS) is 15.4. The fraction of sp³-hybridized carbons (Fsp3) is 0.286. The van der Waals surface area contributed by atoms with E-state index in [1.807, 2.05) is 48.5 Å². The van der Waals surface area contributed by atoms with Gasteiger partial charge < -0.3 is 5.32 Å². The third-order valence-electron chi connectivity index (χ3n) is 5.30. The molecule has 0 amide bonds. The second-order valence-electron chi connectivity index (χ2n) is 7.14. The first-order valence-electron chi connectivity index (χ1n) is 9.46. The average molecular weight is 378 g/mol. The lowest BCUT2D eigenvalue weighted by molar-refractivity contribution is 0.462. The third-order valence-corrected chi connectivity index (χ3v) is 5.53. The van der Waals surface area contributed by atoms with Gasteiger partial charge in [0.1, 0.15) is 11.5 Å². The molecule has 5 rings (SSSR count). The van der Waals surface area contributed by atoms with Gasteiger partial charge in [-0.3, -0.25) is 0 Å². The number of nitrogens with one attached hydrogen (secondary N) is 1. The van der Waals surface area contributed by atoms with Crippen LogP contribution in [0, 0.1) is 0 Å². The molecule has 1 saturated carbocycles. The third kappa shape index (κ3) is 3.02. The van der Waals surface area contributed by atoms with Crippen LogP contribution in [0.4, 0.5) is 5.82 Å². The van der Waals surface area contributed by atoms with Gasteiger partial charge in [-0.15, -0.1) is 5.10 Å². The number of halogens is 1. The summed E-state index contributed by atoms with van der Waals surface area (Å²) in [4.78, 5) is 4.94. The summed E-state index contributed by atoms with van der Waals surface area (Å²) >= 11 is 6.28. The van der Waals surface area contributed by atoms with Crippen molar-refractivity contribution in [3.05, 3.63) is 53.6 Å². The van der Waals surface area contributed by atoms with Crippen LogP contribution in [0.15, 0.2) is 48.5 Å². The van der Waals surface area contributed by atoms with Crippen LogP contribution in [0.3, 0.4) is 0 Å². The van der Waals surface area contributed by atoms with Crippen LogP contribution in [0.1, 0.15) is 32.1 Å². The van der Waals surface area contributed by atoms with E-state index in [4.69, 9.17) is 16.6 Å². The Morgan fingerprint density at radius 2 is 1.81 bits per heavy atom. The van der Waals surface area contributed by atoms with Crippen molar-refractivity contribution in [1.82, 2.24) is 19.8 Å². The molecule has 6 heteroatoms. The maximum Gasteiger partial charge on any atom is 0.186 e. The number of hydrogen-bond acceptors (Lipinski definition) is 4. The Kier molecular flexibility index (Phi) is 4.17. The van der Waals surface area contributed by atoms with Gasteiger partial charge in [0.05, 0.1) is 5.52 Å². The summed E-state index contributed by atoms with van der Waals surface area (Å²) in [5.74, 6) is 0.867. The van der Waals surface area contributed by atoms with Gasteiger partial charge in [0.2, 0.25) is 0 Å². The predicted molar refractivity (Wildman–Crippen MR) is 109 cm³/mol. The zero-order valence-corrected chi connectivity index (χ0v) is 15.7. The highest BCUT2D eigenvalue weighted by molar-refractivity contribution is 6.31. The van der Waals surface area contributed by atoms with Crippen LogP contribution in [0.2, 0.25) is 5.02 Å². The Labute approximate surface area is 162 Å². The van der Waals surface area contributed by atoms with Crippen LogP contribution < -0.4 is 5.32 Å². The van der Waals surface area contributed by atoms with E-state index >= 15 is 0 Å². The summed E-state index contributed by atoms with van der Waals surface area (Å²) in [5, 5.41) is 14.1. The summed E-state index contributed by atoms with van der Waals surface area (Å²) in [6, 6.07) is 16.4. The van der Waals surface area contributed by atoms with Crippen molar-refractivity contribution >= 4 is 34.0 Å². The van der Waals surface area contributed by atoms with Crippen molar-refractivity contribution in [2.24, 2.45) is 0 Å². The molecule has 1 N–H and O–H groups in total. The molecule has 0 bridgehead atoms. The Balaban J connectivity index is 1.71. The molecule has 1 aliphatic rings. The van der Waals surface area contributed by atoms with Crippen molar-refractivity contribution in [3.63, 3.8) is 0 Å². The topological polar surface area (TPSA) is 55.1 Å². The molecule has 1 aliphatic carbocycles. The van der Waals surface area contributed by atoms with E-state index in [9.17, 15) is 0 Å². The first-order valence-corrected chi connectivity index (χ1v) is 9.84. The van der Waals surface area contributed by atoms with Gasteiger partial charge >= 0.3 is 0 Å². The minimum absolute atomic E-state index is 0.451. The van der Waals surface area contributed by atoms with Crippen molar-refractivity contribution in [1.29, 1.82) is 0 Å². The van der Waals surface area contributed by atoms with Gasteiger partial charge in [-0.05, 0) is 31.0 Å². The molecule has 27 heavy (non-hydrogen) atoms. The maximum atomic E-state index is 6.28. The molecular formula is C21H20ClN5. The molecular weight excluding hydrogens is 358 g/mol. The van der Waals surface area contributed by atoms with Crippen molar-refractivity contribution in [2.75, 3.05) is 5.32 Å². The lowest BCUT2D eigenvalue weighted by Gasteiger charge is -2.24. The van der Waals surface area contributed by atoms with E-state index in [0.717, 1.165) is 33.6 Å². The smallest absolute Gasteiger partial charge is 0.186 e. The van der Waals surface area contributed by atoms with Gasteiger partial charge in [0.15, 0.2) is 5.65 Å². The van der Waals surface area contributed by atoms with Crippen LogP contribution in [-0.4, -0.2) is 25.9 Å². The monoisotopic (exact) mass is 377 g/mol. The molecule has 0 spiro atoms. The van der Waals surface area contributed by atoms with Crippen molar-refractivity contribution < 1.29 is 0 Å². The van der Waals surface area contributed by atoms with Crippen LogP contribution in [0.5, 0.6) is 0 Å². The Morgan fingerprint density at radius 3 is 2.63 bits per heavy atom. The fourth-order valence-electron chi connectivity index (χ4n) is 3.92. The van der Waals surface area contributed by atoms with E-state index in [1.54, 1.807) is 4.52 Å². The summed E-state index contributed by atoms with van der Waals surface area (Å²) in [7, 11) is 0. The van der Waals surface area contributed by atoms with E-state index in [2.05, 4.69) is 15.6 Å². The summed E-state index contributed by atoms with van der Waals surface area (Å²) < 4.78 is 1.81. The first-order chi connectivity index (χ1) is 13.3. The predicted octanol–water partition coefficient (Wildman–Crippen LogP) is 5.34. The minimum atomic E-state index is 0.451. The molecule has 5 nitrogen and oxygen atoms in total. The summed E-state index contributed by atoms with van der Waals surface area (Å²) in [5.41, 5.74) is 3.52. The largest absolute Gasteiger partial charge is 0.367 e. The molecule has 0 saturated heterocycles. The van der Waals surface area contributed by atoms with E-state index in [0.29, 0.717) is 11.1 Å². The number of fused-ring (bicyclic) bond motifs is 3. The Morgan fingerprint density at radius 1 is 1.00 bits per heavy atom. The van der Waals surface area contributed by atoms with Crippen molar-refractivity contribution in [2.45, 2.75) is 38.1 Å². The highest BCUT2D eigenvalue weighted by atomic mass is 35.5. The van der Waals surface area contributed by atoms with Gasteiger partial charge in [0, 0.05) is 22.0 Å². The molecule has 2 aromatic carbocycles. The molecule has 2 heterocycles. The number of benzene rings is 2. The molecule has 1 fully saturated rings. The van der Waals surface area contributed by atoms with Gasteiger partial charge in [-0.2, -0.15) is 4.52 Å². The Bertz CT molecular complexity index is 1100. The quantitative estimate of drug-likeness (QED) is 0.523. The Hall–Kier alpha value is -2.66. The van der Waals surface area contributed by atoms with Crippen molar-refractivity contribution in [3.8, 4) is 11.3 Å². The lowest BCUT2D eigenvalue weighted by atomic mass is 9.95. The molecule has 0 aliphatic heterocycles. The standard InChI is InChI=1S/C21H20ClN5/c22-15-11-12-18-17(13-15)20(23-16-9-5-2-6-10-16)24-21-19(25-26-27(18)21)14-7-3-1-4-8-14/h1,3-4,7-8,11-13,16H,2,5-6,9-10H2,(H,23,24). The highest BCUT2D eigenvalue weighted by Crippen LogP contribution is 2.31. The number of hydrogen-bond donors (Lipinski definition) is 1. The number of rotatable bonds is 3. The van der Waals surface area contributed by atoms with Crippen LogP contribution in [0.25, 0.3) is 27.8 Å². The van der Waals surface area contributed by atoms with Gasteiger partial charge in [0.25, 0.3) is 0 Å². The zero-order valence-electron chi connectivity index (χ0n) is 14.9. The number of anilines is 1.